The lowest BCUT2D eigenvalue weighted by Gasteiger charge is -2.09. The monoisotopic (exact) mass is 479 g/mol. The molecule has 3 aromatic carbocycles. The van der Waals surface area contributed by atoms with Gasteiger partial charge in [0.15, 0.2) is 10.7 Å². The van der Waals surface area contributed by atoms with E-state index in [1.54, 1.807) is 36.4 Å². The third-order valence-electron chi connectivity index (χ3n) is 4.74. The Bertz CT molecular complexity index is 1510. The highest BCUT2D eigenvalue weighted by Gasteiger charge is 2.14. The van der Waals surface area contributed by atoms with Gasteiger partial charge < -0.3 is 9.73 Å². The molecule has 0 aliphatic rings. The van der Waals surface area contributed by atoms with Crippen molar-refractivity contribution in [1.82, 2.24) is 19.0 Å². The molecule has 2 N–H and O–H groups in total. The molecule has 0 saturated heterocycles. The molecule has 10 heteroatoms. The van der Waals surface area contributed by atoms with Crippen LogP contribution in [-0.2, 0) is 0 Å². The predicted molar refractivity (Wildman–Crippen MR) is 130 cm³/mol. The Hall–Kier alpha value is -3.40. The Balaban J connectivity index is 1.32. The van der Waals surface area contributed by atoms with Crippen molar-refractivity contribution in [3.63, 3.8) is 0 Å². The number of thiocarbonyl (C=S) groups is 1. The van der Waals surface area contributed by atoms with Crippen LogP contribution >= 0.6 is 35.5 Å². The first-order valence-corrected chi connectivity index (χ1v) is 11.0. The van der Waals surface area contributed by atoms with Gasteiger partial charge in [0.25, 0.3) is 5.91 Å². The number of carbonyl (C=O) groups excluding carboxylic acids is 1. The van der Waals surface area contributed by atoms with Crippen LogP contribution in [0.15, 0.2) is 59.0 Å². The van der Waals surface area contributed by atoms with Crippen LogP contribution in [0.2, 0.25) is 5.02 Å². The predicted octanol–water partition coefficient (Wildman–Crippen LogP) is 5.59. The van der Waals surface area contributed by atoms with E-state index in [9.17, 15) is 4.79 Å². The lowest BCUT2D eigenvalue weighted by molar-refractivity contribution is 0.0978. The van der Waals surface area contributed by atoms with Crippen LogP contribution < -0.4 is 10.6 Å². The van der Waals surface area contributed by atoms with Gasteiger partial charge in [0.2, 0.25) is 5.89 Å². The summed E-state index contributed by atoms with van der Waals surface area (Å²) in [6.07, 6.45) is 0. The SMILES string of the molecule is Cc1ccc(-c2nc3cc(NC(=S)NC(=O)c4ccc5nsnc5c4)ccc3o2)c(Cl)c1. The molecular formula is C22H14ClN5O2S2. The first-order valence-electron chi connectivity index (χ1n) is 9.48. The minimum absolute atomic E-state index is 0.163. The Morgan fingerprint density at radius 3 is 2.72 bits per heavy atom. The summed E-state index contributed by atoms with van der Waals surface area (Å²) in [4.78, 5) is 17.1. The number of hydrogen-bond acceptors (Lipinski definition) is 7. The quantitative estimate of drug-likeness (QED) is 0.326. The van der Waals surface area contributed by atoms with E-state index in [0.29, 0.717) is 38.8 Å². The summed E-state index contributed by atoms with van der Waals surface area (Å²) in [5.41, 5.74) is 5.55. The number of anilines is 1. The van der Waals surface area contributed by atoms with Crippen LogP contribution in [0.5, 0.6) is 0 Å². The Labute approximate surface area is 196 Å². The number of oxazole rings is 1. The number of aromatic nitrogens is 3. The molecule has 5 aromatic rings. The number of rotatable bonds is 3. The van der Waals surface area contributed by atoms with Gasteiger partial charge in [0.1, 0.15) is 16.6 Å². The molecule has 0 aliphatic carbocycles. The summed E-state index contributed by atoms with van der Waals surface area (Å²) in [5, 5.41) is 6.41. The van der Waals surface area contributed by atoms with Crippen LogP contribution in [0.25, 0.3) is 33.6 Å². The van der Waals surface area contributed by atoms with E-state index in [4.69, 9.17) is 28.2 Å². The number of benzene rings is 3. The molecule has 32 heavy (non-hydrogen) atoms. The zero-order valence-electron chi connectivity index (χ0n) is 16.5. The fourth-order valence-corrected chi connectivity index (χ4v) is 4.22. The average Bonchev–Trinajstić information content (AvgIpc) is 3.39. The molecule has 0 bridgehead atoms. The molecule has 0 atom stereocenters. The number of aryl methyl sites for hydroxylation is 1. The van der Waals surface area contributed by atoms with Gasteiger partial charge in [-0.15, -0.1) is 0 Å². The van der Waals surface area contributed by atoms with Crippen molar-refractivity contribution in [2.75, 3.05) is 5.32 Å². The van der Waals surface area contributed by atoms with Crippen molar-refractivity contribution < 1.29 is 9.21 Å². The molecule has 0 aliphatic heterocycles. The van der Waals surface area contributed by atoms with Gasteiger partial charge in [-0.25, -0.2) is 4.98 Å². The minimum Gasteiger partial charge on any atom is -0.436 e. The molecule has 0 fully saturated rings. The number of nitrogens with zero attached hydrogens (tertiary/aromatic N) is 3. The number of carbonyl (C=O) groups is 1. The highest BCUT2D eigenvalue weighted by atomic mass is 35.5. The van der Waals surface area contributed by atoms with Gasteiger partial charge in [-0.05, 0) is 73.2 Å². The van der Waals surface area contributed by atoms with E-state index in [1.807, 2.05) is 25.1 Å². The maximum atomic E-state index is 12.5. The molecule has 5 rings (SSSR count). The van der Waals surface area contributed by atoms with Crippen LogP contribution in [-0.4, -0.2) is 24.8 Å². The van der Waals surface area contributed by atoms with Gasteiger partial charge in [0.05, 0.1) is 22.3 Å². The molecule has 0 unspecified atom stereocenters. The van der Waals surface area contributed by atoms with E-state index >= 15 is 0 Å². The van der Waals surface area contributed by atoms with Crippen molar-refractivity contribution in [1.29, 1.82) is 0 Å². The Morgan fingerprint density at radius 2 is 1.88 bits per heavy atom. The van der Waals surface area contributed by atoms with Crippen molar-refractivity contribution in [3.05, 3.63) is 70.7 Å². The van der Waals surface area contributed by atoms with Gasteiger partial charge in [-0.2, -0.15) is 8.75 Å². The molecule has 0 radical (unpaired) electrons. The second kappa shape index (κ2) is 8.27. The number of nitrogens with one attached hydrogen (secondary N) is 2. The lowest BCUT2D eigenvalue weighted by atomic mass is 10.1. The van der Waals surface area contributed by atoms with Crippen LogP contribution in [0.1, 0.15) is 15.9 Å². The third-order valence-corrected chi connectivity index (χ3v) is 5.82. The van der Waals surface area contributed by atoms with Gasteiger partial charge in [-0.1, -0.05) is 17.7 Å². The average molecular weight is 480 g/mol. The fraction of sp³-hybridized carbons (Fsp3) is 0.0455. The maximum absolute atomic E-state index is 12.5. The summed E-state index contributed by atoms with van der Waals surface area (Å²) < 4.78 is 14.1. The first-order chi connectivity index (χ1) is 15.5. The molecular weight excluding hydrogens is 466 g/mol. The summed E-state index contributed by atoms with van der Waals surface area (Å²) in [7, 11) is 0. The fourth-order valence-electron chi connectivity index (χ4n) is 3.17. The van der Waals surface area contributed by atoms with Crippen molar-refractivity contribution in [3.8, 4) is 11.5 Å². The number of fused-ring (bicyclic) bond motifs is 2. The second-order valence-corrected chi connectivity index (χ2v) is 8.40. The first kappa shape index (κ1) is 20.5. The lowest BCUT2D eigenvalue weighted by Crippen LogP contribution is -2.34. The molecule has 158 valence electrons. The molecule has 1 amide bonds. The molecule has 0 saturated carbocycles. The van der Waals surface area contributed by atoms with Crippen LogP contribution in [0.4, 0.5) is 5.69 Å². The topological polar surface area (TPSA) is 92.9 Å². The highest BCUT2D eigenvalue weighted by Crippen LogP contribution is 2.31. The molecule has 7 nitrogen and oxygen atoms in total. The summed E-state index contributed by atoms with van der Waals surface area (Å²) in [5.74, 6) is 0.0983. The summed E-state index contributed by atoms with van der Waals surface area (Å²) in [6, 6.07) is 16.2. The maximum Gasteiger partial charge on any atom is 0.257 e. The largest absolute Gasteiger partial charge is 0.436 e. The molecule has 2 heterocycles. The van der Waals surface area contributed by atoms with E-state index in [0.717, 1.165) is 28.4 Å². The van der Waals surface area contributed by atoms with Crippen LogP contribution in [0, 0.1) is 6.92 Å². The minimum atomic E-state index is -0.337. The van der Waals surface area contributed by atoms with Gasteiger partial charge in [-0.3, -0.25) is 10.1 Å². The number of amides is 1. The Kier molecular flexibility index (Phi) is 5.30. The van der Waals surface area contributed by atoms with E-state index < -0.39 is 0 Å². The number of hydrogen-bond donors (Lipinski definition) is 2. The normalized spacial score (nSPS) is 11.1. The standard InChI is InChI=1S/C22H14ClN5O2S2/c1-11-2-5-14(15(23)8-11)21-25-18-10-13(4-7-19(18)30-21)24-22(31)26-20(29)12-3-6-16-17(9-12)28-32-27-16/h2-10H,1H3,(H2,24,26,29,31). The Morgan fingerprint density at radius 1 is 1.03 bits per heavy atom. The van der Waals surface area contributed by atoms with E-state index in [2.05, 4.69) is 24.4 Å². The summed E-state index contributed by atoms with van der Waals surface area (Å²) in [6.45, 7) is 1.97. The van der Waals surface area contributed by atoms with Gasteiger partial charge in [0, 0.05) is 11.3 Å². The van der Waals surface area contributed by atoms with E-state index in [1.165, 1.54) is 0 Å². The number of halogens is 1. The second-order valence-electron chi connectivity index (χ2n) is 7.06. The highest BCUT2D eigenvalue weighted by molar-refractivity contribution is 7.80. The zero-order chi connectivity index (χ0) is 22.2. The third kappa shape index (κ3) is 4.05. The zero-order valence-corrected chi connectivity index (χ0v) is 18.9. The van der Waals surface area contributed by atoms with Crippen molar-refractivity contribution >= 4 is 74.4 Å². The van der Waals surface area contributed by atoms with E-state index in [-0.39, 0.29) is 11.0 Å². The summed E-state index contributed by atoms with van der Waals surface area (Å²) >= 11 is 12.7. The van der Waals surface area contributed by atoms with Crippen molar-refractivity contribution in [2.45, 2.75) is 6.92 Å². The molecule has 0 spiro atoms. The molecule has 2 aromatic heterocycles. The van der Waals surface area contributed by atoms with Crippen LogP contribution in [0.3, 0.4) is 0 Å². The van der Waals surface area contributed by atoms with Gasteiger partial charge >= 0.3 is 0 Å². The van der Waals surface area contributed by atoms with Crippen molar-refractivity contribution in [2.24, 2.45) is 0 Å². The smallest absolute Gasteiger partial charge is 0.257 e.